The molecule has 0 spiro atoms. The molecular weight excluding hydrogens is 186 g/mol. The minimum absolute atomic E-state index is 0.105. The number of aliphatic hydroxyl groups is 1. The Morgan fingerprint density at radius 2 is 2.14 bits per heavy atom. The van der Waals surface area contributed by atoms with Gasteiger partial charge < -0.3 is 14.7 Å². The Hall–Kier alpha value is -1.10. The van der Waals surface area contributed by atoms with Gasteiger partial charge in [-0.3, -0.25) is 4.79 Å². The van der Waals surface area contributed by atoms with E-state index < -0.39 is 11.9 Å². The van der Waals surface area contributed by atoms with E-state index in [-0.39, 0.29) is 19.2 Å². The van der Waals surface area contributed by atoms with Crippen molar-refractivity contribution in [3.05, 3.63) is 0 Å². The van der Waals surface area contributed by atoms with Crippen LogP contribution in [0.3, 0.4) is 0 Å². The van der Waals surface area contributed by atoms with E-state index in [0.717, 1.165) is 19.3 Å². The Morgan fingerprint density at radius 3 is 2.50 bits per heavy atom. The predicted octanol–water partition coefficient (Wildman–Crippen LogP) is -0.467. The highest BCUT2D eigenvalue weighted by Crippen LogP contribution is 2.24. The molecule has 1 N–H and O–H groups in total. The number of aliphatic hydroxyl groups excluding tert-OH is 1. The first-order valence-corrected chi connectivity index (χ1v) is 4.70. The van der Waals surface area contributed by atoms with E-state index >= 15 is 0 Å². The fourth-order valence-electron chi connectivity index (χ4n) is 1.46. The Morgan fingerprint density at radius 1 is 1.50 bits per heavy atom. The lowest BCUT2D eigenvalue weighted by molar-refractivity contribution is -0.160. The Labute approximate surface area is 82.6 Å². The van der Waals surface area contributed by atoms with Gasteiger partial charge in [0.2, 0.25) is 0 Å². The first-order valence-electron chi connectivity index (χ1n) is 4.70. The summed E-state index contributed by atoms with van der Waals surface area (Å²) in [5.74, 6) is -1.50. The van der Waals surface area contributed by atoms with Crippen LogP contribution >= 0.6 is 0 Å². The number of hydrogen-bond acceptors (Lipinski definition) is 4. The first kappa shape index (κ1) is 11.0. The third kappa shape index (κ3) is 2.23. The van der Waals surface area contributed by atoms with Gasteiger partial charge in [-0.1, -0.05) is 0 Å². The molecule has 0 atom stereocenters. The maximum Gasteiger partial charge on any atom is 0.396 e. The predicted molar refractivity (Wildman–Crippen MR) is 48.5 cm³/mol. The molecule has 1 fully saturated rings. The van der Waals surface area contributed by atoms with Crippen molar-refractivity contribution in [3.8, 4) is 0 Å². The second kappa shape index (κ2) is 4.95. The van der Waals surface area contributed by atoms with Gasteiger partial charge in [0.1, 0.15) is 0 Å². The quantitative estimate of drug-likeness (QED) is 0.495. The Kier molecular flexibility index (Phi) is 3.88. The Bertz CT molecular complexity index is 225. The number of rotatable bonds is 3. The van der Waals surface area contributed by atoms with Gasteiger partial charge in [-0.25, -0.2) is 4.79 Å². The van der Waals surface area contributed by atoms with Crippen LogP contribution in [0, 0.1) is 0 Å². The maximum atomic E-state index is 11.4. The summed E-state index contributed by atoms with van der Waals surface area (Å²) >= 11 is 0. The van der Waals surface area contributed by atoms with Crippen LogP contribution in [0.5, 0.6) is 0 Å². The molecule has 5 heteroatoms. The second-order valence-corrected chi connectivity index (χ2v) is 3.30. The maximum absolute atomic E-state index is 11.4. The number of nitrogens with zero attached hydrogens (tertiary/aromatic N) is 1. The van der Waals surface area contributed by atoms with Crippen molar-refractivity contribution in [2.24, 2.45) is 0 Å². The molecule has 5 nitrogen and oxygen atoms in total. The molecule has 0 radical (unpaired) electrons. The average molecular weight is 201 g/mol. The molecule has 0 aliphatic heterocycles. The lowest BCUT2D eigenvalue weighted by Crippen LogP contribution is -2.48. The first-order chi connectivity index (χ1) is 6.70. The van der Waals surface area contributed by atoms with E-state index in [4.69, 9.17) is 5.11 Å². The molecule has 0 aromatic rings. The molecule has 0 unspecified atom stereocenters. The van der Waals surface area contributed by atoms with Gasteiger partial charge in [0.05, 0.1) is 13.7 Å². The molecule has 0 bridgehead atoms. The molecule has 80 valence electrons. The van der Waals surface area contributed by atoms with Gasteiger partial charge in [0.15, 0.2) is 0 Å². The number of methoxy groups -OCH3 is 1. The van der Waals surface area contributed by atoms with Crippen LogP contribution in [0.4, 0.5) is 0 Å². The smallest absolute Gasteiger partial charge is 0.396 e. The molecule has 1 aliphatic carbocycles. The van der Waals surface area contributed by atoms with Gasteiger partial charge in [-0.05, 0) is 19.3 Å². The van der Waals surface area contributed by atoms with Crippen molar-refractivity contribution >= 4 is 11.9 Å². The minimum Gasteiger partial charge on any atom is -0.462 e. The summed E-state index contributed by atoms with van der Waals surface area (Å²) in [7, 11) is 1.18. The fourth-order valence-corrected chi connectivity index (χ4v) is 1.46. The SMILES string of the molecule is COC(=O)C(=O)N(CCO)C1CCC1. The van der Waals surface area contributed by atoms with Gasteiger partial charge in [-0.15, -0.1) is 0 Å². The lowest BCUT2D eigenvalue weighted by atomic mass is 9.91. The largest absolute Gasteiger partial charge is 0.462 e. The van der Waals surface area contributed by atoms with Crippen LogP contribution in [0.25, 0.3) is 0 Å². The number of amides is 1. The van der Waals surface area contributed by atoms with Crippen LogP contribution in [-0.2, 0) is 14.3 Å². The van der Waals surface area contributed by atoms with Crippen LogP contribution in [0.2, 0.25) is 0 Å². The van der Waals surface area contributed by atoms with E-state index in [1.54, 1.807) is 0 Å². The highest BCUT2D eigenvalue weighted by molar-refractivity contribution is 6.32. The number of hydrogen-bond donors (Lipinski definition) is 1. The third-order valence-corrected chi connectivity index (χ3v) is 2.48. The van der Waals surface area contributed by atoms with Gasteiger partial charge >= 0.3 is 11.9 Å². The van der Waals surface area contributed by atoms with E-state index in [1.165, 1.54) is 12.0 Å². The van der Waals surface area contributed by atoms with Gasteiger partial charge in [-0.2, -0.15) is 0 Å². The van der Waals surface area contributed by atoms with Crippen molar-refractivity contribution in [2.75, 3.05) is 20.3 Å². The van der Waals surface area contributed by atoms with E-state index in [2.05, 4.69) is 4.74 Å². The van der Waals surface area contributed by atoms with Crippen molar-refractivity contribution in [2.45, 2.75) is 25.3 Å². The van der Waals surface area contributed by atoms with Gasteiger partial charge in [0, 0.05) is 12.6 Å². The molecule has 0 aromatic carbocycles. The lowest BCUT2D eigenvalue weighted by Gasteiger charge is -2.36. The molecule has 0 saturated heterocycles. The van der Waals surface area contributed by atoms with Crippen LogP contribution < -0.4 is 0 Å². The summed E-state index contributed by atoms with van der Waals surface area (Å²) in [5.41, 5.74) is 0. The summed E-state index contributed by atoms with van der Waals surface area (Å²) < 4.78 is 4.35. The minimum atomic E-state index is -0.856. The highest BCUT2D eigenvalue weighted by Gasteiger charge is 2.32. The molecule has 14 heavy (non-hydrogen) atoms. The normalized spacial score (nSPS) is 15.9. The standard InChI is InChI=1S/C9H15NO4/c1-14-9(13)8(12)10(5-6-11)7-3-2-4-7/h7,11H,2-6H2,1H3. The van der Waals surface area contributed by atoms with Crippen LogP contribution in [-0.4, -0.2) is 48.2 Å². The third-order valence-electron chi connectivity index (χ3n) is 2.48. The van der Waals surface area contributed by atoms with Crippen molar-refractivity contribution < 1.29 is 19.4 Å². The van der Waals surface area contributed by atoms with E-state index in [0.29, 0.717) is 0 Å². The summed E-state index contributed by atoms with van der Waals surface area (Å²) in [6.07, 6.45) is 2.88. The number of ether oxygens (including phenoxy) is 1. The molecule has 1 aliphatic rings. The fraction of sp³-hybridized carbons (Fsp3) is 0.778. The zero-order valence-electron chi connectivity index (χ0n) is 8.23. The van der Waals surface area contributed by atoms with Crippen LogP contribution in [0.15, 0.2) is 0 Å². The van der Waals surface area contributed by atoms with Crippen molar-refractivity contribution in [1.82, 2.24) is 4.90 Å². The van der Waals surface area contributed by atoms with Crippen LogP contribution in [0.1, 0.15) is 19.3 Å². The second-order valence-electron chi connectivity index (χ2n) is 3.30. The Balaban J connectivity index is 2.56. The van der Waals surface area contributed by atoms with Crippen molar-refractivity contribution in [1.29, 1.82) is 0 Å². The number of esters is 1. The van der Waals surface area contributed by atoms with E-state index in [1.807, 2.05) is 0 Å². The molecule has 0 heterocycles. The number of carbonyl (C=O) groups excluding carboxylic acids is 2. The van der Waals surface area contributed by atoms with Crippen molar-refractivity contribution in [3.63, 3.8) is 0 Å². The molecule has 0 aromatic heterocycles. The highest BCUT2D eigenvalue weighted by atomic mass is 16.5. The summed E-state index contributed by atoms with van der Waals surface area (Å²) in [5, 5.41) is 8.76. The zero-order chi connectivity index (χ0) is 10.6. The molecule has 1 amide bonds. The zero-order valence-corrected chi connectivity index (χ0v) is 8.23. The summed E-state index contributed by atoms with van der Waals surface area (Å²) in [6, 6.07) is 0.105. The monoisotopic (exact) mass is 201 g/mol. The topological polar surface area (TPSA) is 66.8 Å². The molecular formula is C9H15NO4. The molecule has 1 rings (SSSR count). The average Bonchev–Trinajstić information content (AvgIpc) is 2.12. The number of carbonyl (C=O) groups is 2. The van der Waals surface area contributed by atoms with E-state index in [9.17, 15) is 9.59 Å². The molecule has 1 saturated carbocycles. The summed E-state index contributed by atoms with van der Waals surface area (Å²) in [6.45, 7) is 0.0812. The summed E-state index contributed by atoms with van der Waals surface area (Å²) in [4.78, 5) is 23.8. The van der Waals surface area contributed by atoms with Gasteiger partial charge in [0.25, 0.3) is 0 Å².